The van der Waals surface area contributed by atoms with Crippen LogP contribution < -0.4 is 9.16 Å². The SMILES string of the molecule is CC(C)[Si](Oc1ccc(C(Sc2cc(OCc3ccccc3)cc(Cl)c2O)C(=O)c2ccc(O)cc2)cc1)(C(C)C)C(C)C. The molecule has 0 saturated heterocycles. The van der Waals surface area contributed by atoms with E-state index in [1.807, 2.05) is 54.6 Å². The molecule has 0 heterocycles. The number of ether oxygens (including phenoxy) is 1. The number of hydrogen-bond donors (Lipinski definition) is 2. The van der Waals surface area contributed by atoms with Gasteiger partial charge in [0.15, 0.2) is 5.78 Å². The van der Waals surface area contributed by atoms with Crippen molar-refractivity contribution < 1.29 is 24.2 Å². The smallest absolute Gasteiger partial charge is 0.258 e. The Morgan fingerprint density at radius 2 is 1.39 bits per heavy atom. The molecule has 1 atom stereocenters. The van der Waals surface area contributed by atoms with Gasteiger partial charge in [0.25, 0.3) is 8.32 Å². The maximum Gasteiger partial charge on any atom is 0.258 e. The van der Waals surface area contributed by atoms with Crippen molar-refractivity contribution in [2.24, 2.45) is 0 Å². The first-order valence-electron chi connectivity index (χ1n) is 14.9. The van der Waals surface area contributed by atoms with E-state index in [-0.39, 0.29) is 22.3 Å². The molecule has 0 aromatic heterocycles. The number of Topliss-reactive ketones (excluding diaryl/α,β-unsaturated/α-hetero) is 1. The van der Waals surface area contributed by atoms with Gasteiger partial charge in [0.2, 0.25) is 0 Å². The van der Waals surface area contributed by atoms with E-state index in [0.29, 0.717) is 39.4 Å². The molecule has 0 aliphatic rings. The van der Waals surface area contributed by atoms with E-state index >= 15 is 0 Å². The van der Waals surface area contributed by atoms with E-state index in [4.69, 9.17) is 20.8 Å². The van der Waals surface area contributed by atoms with Crippen LogP contribution in [-0.2, 0) is 6.61 Å². The van der Waals surface area contributed by atoms with Crippen molar-refractivity contribution in [2.75, 3.05) is 0 Å². The first-order chi connectivity index (χ1) is 20.9. The Morgan fingerprint density at radius 3 is 1.95 bits per heavy atom. The molecular weight excluding hydrogens is 608 g/mol. The lowest BCUT2D eigenvalue weighted by atomic mass is 10.0. The minimum absolute atomic E-state index is 0.0769. The third-order valence-corrected chi connectivity index (χ3v) is 15.6. The molecule has 232 valence electrons. The molecule has 1 unspecified atom stereocenters. The van der Waals surface area contributed by atoms with Crippen molar-refractivity contribution in [3.05, 3.63) is 113 Å². The maximum atomic E-state index is 14.0. The first-order valence-corrected chi connectivity index (χ1v) is 18.3. The van der Waals surface area contributed by atoms with E-state index in [1.165, 1.54) is 23.9 Å². The Kier molecular flexibility index (Phi) is 11.1. The Labute approximate surface area is 271 Å². The van der Waals surface area contributed by atoms with Crippen molar-refractivity contribution in [2.45, 2.75) is 74.9 Å². The highest BCUT2D eigenvalue weighted by Crippen LogP contribution is 2.47. The van der Waals surface area contributed by atoms with Crippen LogP contribution in [0, 0.1) is 0 Å². The number of carbonyl (C=O) groups excluding carboxylic acids is 1. The fourth-order valence-corrected chi connectivity index (χ4v) is 12.6. The fourth-order valence-electron chi connectivity index (χ4n) is 5.91. The van der Waals surface area contributed by atoms with E-state index in [9.17, 15) is 15.0 Å². The third-order valence-electron chi connectivity index (χ3n) is 8.07. The summed E-state index contributed by atoms with van der Waals surface area (Å²) in [5, 5.41) is 20.2. The predicted octanol–water partition coefficient (Wildman–Crippen LogP) is 10.6. The van der Waals surface area contributed by atoms with Crippen LogP contribution in [0.15, 0.2) is 95.9 Å². The lowest BCUT2D eigenvalue weighted by molar-refractivity contribution is 0.0989. The zero-order valence-corrected chi connectivity index (χ0v) is 28.7. The van der Waals surface area contributed by atoms with Crippen LogP contribution in [0.2, 0.25) is 21.6 Å². The van der Waals surface area contributed by atoms with Crippen LogP contribution in [0.1, 0.15) is 68.3 Å². The molecule has 2 N–H and O–H groups in total. The van der Waals surface area contributed by atoms with Crippen molar-refractivity contribution in [1.82, 2.24) is 0 Å². The first kappa shape index (κ1) is 33.5. The number of halogens is 1. The van der Waals surface area contributed by atoms with Crippen molar-refractivity contribution >= 4 is 37.5 Å². The van der Waals surface area contributed by atoms with Crippen molar-refractivity contribution in [3.63, 3.8) is 0 Å². The highest BCUT2D eigenvalue weighted by atomic mass is 35.5. The van der Waals surface area contributed by atoms with E-state index < -0.39 is 13.6 Å². The highest BCUT2D eigenvalue weighted by molar-refractivity contribution is 8.00. The van der Waals surface area contributed by atoms with Crippen LogP contribution in [0.5, 0.6) is 23.0 Å². The second kappa shape index (κ2) is 14.6. The normalized spacial score (nSPS) is 12.5. The Bertz CT molecular complexity index is 1520. The van der Waals surface area contributed by atoms with E-state index in [1.54, 1.807) is 24.3 Å². The number of hydrogen-bond acceptors (Lipinski definition) is 6. The summed E-state index contributed by atoms with van der Waals surface area (Å²) >= 11 is 7.63. The summed E-state index contributed by atoms with van der Waals surface area (Å²) in [7, 11) is -2.16. The Morgan fingerprint density at radius 1 is 0.795 bits per heavy atom. The number of phenols is 2. The van der Waals surface area contributed by atoms with E-state index in [2.05, 4.69) is 41.5 Å². The van der Waals surface area contributed by atoms with Gasteiger partial charge in [-0.05, 0) is 70.2 Å². The van der Waals surface area contributed by atoms with E-state index in [0.717, 1.165) is 16.9 Å². The Balaban J connectivity index is 1.68. The molecule has 5 nitrogen and oxygen atoms in total. The van der Waals surface area contributed by atoms with Gasteiger partial charge in [-0.25, -0.2) is 0 Å². The highest BCUT2D eigenvalue weighted by Gasteiger charge is 2.47. The van der Waals surface area contributed by atoms with Crippen molar-refractivity contribution in [1.29, 1.82) is 0 Å². The Hall–Kier alpha value is -3.39. The third kappa shape index (κ3) is 7.63. The standard InChI is InChI=1S/C36H41ClO5SSi/c1-23(2)44(24(3)4,25(5)6)42-30-18-14-28(15-19-30)36(34(39)27-12-16-29(38)17-13-27)43-33-21-31(20-32(37)35(33)40)41-22-26-10-8-7-9-11-26/h7-21,23-25,36,38,40H,22H2,1-6H3. The summed E-state index contributed by atoms with van der Waals surface area (Å²) in [6, 6.07) is 26.9. The molecule has 0 radical (unpaired) electrons. The average Bonchev–Trinajstić information content (AvgIpc) is 3.00. The van der Waals surface area contributed by atoms with Crippen molar-refractivity contribution in [3.8, 4) is 23.0 Å². The largest absolute Gasteiger partial charge is 0.543 e. The van der Waals surface area contributed by atoms with Crippen LogP contribution in [-0.4, -0.2) is 24.3 Å². The second-order valence-electron chi connectivity index (χ2n) is 11.9. The number of thioether (sulfide) groups is 1. The molecule has 0 bridgehead atoms. The molecule has 4 aromatic carbocycles. The molecule has 0 amide bonds. The van der Waals surface area contributed by atoms with Crippen LogP contribution in [0.25, 0.3) is 0 Å². The van der Waals surface area contributed by atoms with Gasteiger partial charge in [-0.15, -0.1) is 11.8 Å². The summed E-state index contributed by atoms with van der Waals surface area (Å²) in [6.07, 6.45) is 0. The van der Waals surface area contributed by atoms with Crippen LogP contribution in [0.4, 0.5) is 0 Å². The lowest BCUT2D eigenvalue weighted by Crippen LogP contribution is -2.50. The van der Waals surface area contributed by atoms with Crippen LogP contribution in [0.3, 0.4) is 0 Å². The second-order valence-corrected chi connectivity index (χ2v) is 18.9. The number of rotatable bonds is 13. The van der Waals surface area contributed by atoms with Gasteiger partial charge in [0.05, 0.1) is 15.2 Å². The van der Waals surface area contributed by atoms with Gasteiger partial charge >= 0.3 is 0 Å². The number of carbonyl (C=O) groups is 1. The molecule has 0 saturated carbocycles. The molecule has 4 aromatic rings. The minimum Gasteiger partial charge on any atom is -0.543 e. The van der Waals surface area contributed by atoms with Gasteiger partial charge in [0, 0.05) is 11.6 Å². The number of phenolic OH excluding ortho intramolecular Hbond substituents is 2. The minimum atomic E-state index is -2.16. The molecule has 0 aliphatic heterocycles. The molecule has 0 spiro atoms. The number of ketones is 1. The number of benzene rings is 4. The molecule has 4 rings (SSSR count). The lowest BCUT2D eigenvalue weighted by Gasteiger charge is -2.42. The molecule has 0 fully saturated rings. The van der Waals surface area contributed by atoms with Gasteiger partial charge in [0.1, 0.15) is 29.6 Å². The summed E-state index contributed by atoms with van der Waals surface area (Å²) in [6.45, 7) is 13.8. The van der Waals surface area contributed by atoms with Gasteiger partial charge < -0.3 is 19.4 Å². The monoisotopic (exact) mass is 648 g/mol. The summed E-state index contributed by atoms with van der Waals surface area (Å²) in [5.41, 5.74) is 3.45. The summed E-state index contributed by atoms with van der Waals surface area (Å²) < 4.78 is 12.9. The van der Waals surface area contributed by atoms with Gasteiger partial charge in [-0.3, -0.25) is 4.79 Å². The fraction of sp³-hybridized carbons (Fsp3) is 0.306. The zero-order chi connectivity index (χ0) is 32.0. The number of aromatic hydroxyl groups is 2. The summed E-state index contributed by atoms with van der Waals surface area (Å²) in [4.78, 5) is 14.4. The maximum absolute atomic E-state index is 14.0. The molecule has 8 heteroatoms. The molecule has 44 heavy (non-hydrogen) atoms. The summed E-state index contributed by atoms with van der Waals surface area (Å²) in [5.74, 6) is 1.06. The quantitative estimate of drug-likeness (QED) is 0.0853. The van der Waals surface area contributed by atoms with Crippen LogP contribution >= 0.6 is 23.4 Å². The molecular formula is C36H41ClO5SSi. The van der Waals surface area contributed by atoms with Gasteiger partial charge in [-0.2, -0.15) is 0 Å². The topological polar surface area (TPSA) is 76.0 Å². The van der Waals surface area contributed by atoms with Gasteiger partial charge in [-0.1, -0.05) is 95.6 Å². The zero-order valence-electron chi connectivity index (χ0n) is 26.1. The predicted molar refractivity (Wildman–Crippen MR) is 183 cm³/mol. The molecule has 0 aliphatic carbocycles. The average molecular weight is 649 g/mol.